The van der Waals surface area contributed by atoms with Gasteiger partial charge in [0.05, 0.1) is 5.69 Å². The fraction of sp³-hybridized carbons (Fsp3) is 0.136. The smallest absolute Gasteiger partial charge is 0.258 e. The van der Waals surface area contributed by atoms with Gasteiger partial charge in [0, 0.05) is 54.1 Å². The topological polar surface area (TPSA) is 67.2 Å². The van der Waals surface area contributed by atoms with Gasteiger partial charge in [0.1, 0.15) is 5.82 Å². The highest BCUT2D eigenvalue weighted by Gasteiger charge is 2.30. The van der Waals surface area contributed by atoms with Gasteiger partial charge in [-0.3, -0.25) is 9.59 Å². The largest absolute Gasteiger partial charge is 0.329 e. The number of hydrogen-bond donors (Lipinski definition) is 1. The van der Waals surface area contributed by atoms with Crippen LogP contribution >= 0.6 is 11.8 Å². The monoisotopic (exact) mass is 422 g/mol. The minimum atomic E-state index is -0.451. The molecule has 1 aliphatic rings. The van der Waals surface area contributed by atoms with E-state index in [9.17, 15) is 14.0 Å². The van der Waals surface area contributed by atoms with Crippen LogP contribution in [0.5, 0.6) is 0 Å². The van der Waals surface area contributed by atoms with Gasteiger partial charge < -0.3 is 14.8 Å². The first-order valence-electron chi connectivity index (χ1n) is 9.29. The van der Waals surface area contributed by atoms with Crippen LogP contribution in [0.2, 0.25) is 0 Å². The summed E-state index contributed by atoms with van der Waals surface area (Å²) in [7, 11) is 1.86. The number of carbonyl (C=O) groups is 2. The van der Waals surface area contributed by atoms with E-state index in [1.54, 1.807) is 24.4 Å². The van der Waals surface area contributed by atoms with Gasteiger partial charge in [0.25, 0.3) is 5.91 Å². The molecule has 2 amide bonds. The van der Waals surface area contributed by atoms with Crippen molar-refractivity contribution in [2.45, 2.75) is 16.5 Å². The number of nitrogens with zero attached hydrogens (tertiary/aromatic N) is 3. The van der Waals surface area contributed by atoms with Crippen molar-refractivity contribution in [3.05, 3.63) is 78.4 Å². The number of amides is 2. The molecular formula is C22H19FN4O2S. The van der Waals surface area contributed by atoms with E-state index in [0.717, 1.165) is 5.56 Å². The molecule has 2 aromatic carbocycles. The Morgan fingerprint density at radius 1 is 1.23 bits per heavy atom. The lowest BCUT2D eigenvalue weighted by atomic mass is 10.1. The fourth-order valence-electron chi connectivity index (χ4n) is 3.23. The number of carbonyl (C=O) groups excluding carboxylic acids is 2. The summed E-state index contributed by atoms with van der Waals surface area (Å²) in [4.78, 5) is 31.5. The van der Waals surface area contributed by atoms with Gasteiger partial charge in [0.15, 0.2) is 5.16 Å². The molecule has 0 saturated carbocycles. The van der Waals surface area contributed by atoms with Crippen LogP contribution in [0, 0.1) is 5.82 Å². The van der Waals surface area contributed by atoms with Crippen LogP contribution in [-0.2, 0) is 11.8 Å². The van der Waals surface area contributed by atoms with E-state index in [1.165, 1.54) is 28.8 Å². The van der Waals surface area contributed by atoms with Crippen LogP contribution in [0.4, 0.5) is 10.1 Å². The van der Waals surface area contributed by atoms with Crippen molar-refractivity contribution in [3.63, 3.8) is 0 Å². The molecule has 0 aliphatic carbocycles. The number of hydrogen-bond acceptors (Lipinski definition) is 4. The molecule has 2 heterocycles. The maximum Gasteiger partial charge on any atom is 0.258 e. The number of benzene rings is 2. The molecule has 0 spiro atoms. The lowest BCUT2D eigenvalue weighted by Crippen LogP contribution is -2.27. The van der Waals surface area contributed by atoms with Crippen LogP contribution in [-0.4, -0.2) is 32.8 Å². The van der Waals surface area contributed by atoms with Crippen molar-refractivity contribution in [1.29, 1.82) is 0 Å². The van der Waals surface area contributed by atoms with E-state index >= 15 is 0 Å². The molecule has 1 N–H and O–H groups in total. The predicted octanol–water partition coefficient (Wildman–Crippen LogP) is 4.17. The predicted molar refractivity (Wildman–Crippen MR) is 113 cm³/mol. The van der Waals surface area contributed by atoms with Gasteiger partial charge >= 0.3 is 0 Å². The summed E-state index contributed by atoms with van der Waals surface area (Å²) < 4.78 is 15.6. The lowest BCUT2D eigenvalue weighted by Gasteiger charge is -2.17. The summed E-state index contributed by atoms with van der Waals surface area (Å²) in [5.74, 6) is -0.938. The maximum absolute atomic E-state index is 13.8. The SMILES string of the molecule is C=C1c2ccccc2C(=O)N1CCC(=O)Nc1cc(F)ccc1Sc1nccn1C. The zero-order chi connectivity index (χ0) is 21.3. The third-order valence-corrected chi connectivity index (χ3v) is 5.95. The summed E-state index contributed by atoms with van der Waals surface area (Å²) in [5.41, 5.74) is 2.31. The number of fused-ring (bicyclic) bond motifs is 1. The number of halogens is 1. The molecule has 152 valence electrons. The number of aryl methyl sites for hydroxylation is 1. The second-order valence-electron chi connectivity index (χ2n) is 6.81. The zero-order valence-corrected chi connectivity index (χ0v) is 17.1. The normalized spacial score (nSPS) is 12.9. The van der Waals surface area contributed by atoms with Gasteiger partial charge in [0.2, 0.25) is 5.91 Å². The lowest BCUT2D eigenvalue weighted by molar-refractivity contribution is -0.116. The first kappa shape index (κ1) is 19.9. The molecule has 6 nitrogen and oxygen atoms in total. The van der Waals surface area contributed by atoms with E-state index in [1.807, 2.05) is 29.9 Å². The minimum absolute atomic E-state index is 0.0573. The van der Waals surface area contributed by atoms with Crippen molar-refractivity contribution in [2.75, 3.05) is 11.9 Å². The fourth-order valence-corrected chi connectivity index (χ4v) is 4.11. The van der Waals surface area contributed by atoms with E-state index in [-0.39, 0.29) is 24.8 Å². The van der Waals surface area contributed by atoms with E-state index in [4.69, 9.17) is 0 Å². The molecule has 30 heavy (non-hydrogen) atoms. The Morgan fingerprint density at radius 3 is 2.70 bits per heavy atom. The van der Waals surface area contributed by atoms with Crippen LogP contribution < -0.4 is 5.32 Å². The molecule has 3 aromatic rings. The Morgan fingerprint density at radius 2 is 2.00 bits per heavy atom. The van der Waals surface area contributed by atoms with E-state index in [2.05, 4.69) is 16.9 Å². The highest BCUT2D eigenvalue weighted by atomic mass is 32.2. The highest BCUT2D eigenvalue weighted by Crippen LogP contribution is 2.34. The highest BCUT2D eigenvalue weighted by molar-refractivity contribution is 7.99. The molecule has 0 fully saturated rings. The molecule has 8 heteroatoms. The van der Waals surface area contributed by atoms with Crippen molar-refractivity contribution in [3.8, 4) is 0 Å². The van der Waals surface area contributed by atoms with Gasteiger partial charge in [-0.2, -0.15) is 0 Å². The third-order valence-electron chi connectivity index (χ3n) is 4.80. The molecule has 0 bridgehead atoms. The quantitative estimate of drug-likeness (QED) is 0.648. The Labute approximate surface area is 177 Å². The Balaban J connectivity index is 1.44. The zero-order valence-electron chi connectivity index (χ0n) is 16.3. The summed E-state index contributed by atoms with van der Waals surface area (Å²) in [5, 5.41) is 3.47. The molecule has 0 saturated heterocycles. The molecule has 1 aromatic heterocycles. The first-order chi connectivity index (χ1) is 14.4. The summed E-state index contributed by atoms with van der Waals surface area (Å²) in [6.07, 6.45) is 3.53. The number of rotatable bonds is 6. The van der Waals surface area contributed by atoms with Crippen molar-refractivity contribution < 1.29 is 14.0 Å². The Hall–Kier alpha value is -3.39. The number of nitrogens with one attached hydrogen (secondary N) is 1. The molecule has 0 atom stereocenters. The summed E-state index contributed by atoms with van der Waals surface area (Å²) >= 11 is 1.33. The second kappa shape index (κ2) is 8.16. The van der Waals surface area contributed by atoms with Crippen LogP contribution in [0.15, 0.2) is 71.5 Å². The first-order valence-corrected chi connectivity index (χ1v) is 10.1. The van der Waals surface area contributed by atoms with Crippen molar-refractivity contribution in [1.82, 2.24) is 14.5 Å². The molecular weight excluding hydrogens is 403 g/mol. The summed E-state index contributed by atoms with van der Waals surface area (Å²) in [6, 6.07) is 11.4. The third kappa shape index (κ3) is 3.86. The van der Waals surface area contributed by atoms with Crippen LogP contribution in [0.3, 0.4) is 0 Å². The van der Waals surface area contributed by atoms with Crippen molar-refractivity contribution >= 4 is 35.0 Å². The van der Waals surface area contributed by atoms with Gasteiger partial charge in [-0.15, -0.1) is 0 Å². The molecule has 4 rings (SSSR count). The molecule has 1 aliphatic heterocycles. The van der Waals surface area contributed by atoms with Gasteiger partial charge in [-0.1, -0.05) is 24.8 Å². The molecule has 0 radical (unpaired) electrons. The number of aromatic nitrogens is 2. The number of imidazole rings is 1. The number of anilines is 1. The summed E-state index contributed by atoms with van der Waals surface area (Å²) in [6.45, 7) is 4.17. The van der Waals surface area contributed by atoms with Gasteiger partial charge in [-0.05, 0) is 36.0 Å². The van der Waals surface area contributed by atoms with Crippen LogP contribution in [0.25, 0.3) is 5.70 Å². The molecule has 0 unspecified atom stereocenters. The van der Waals surface area contributed by atoms with Crippen LogP contribution in [0.1, 0.15) is 22.3 Å². The van der Waals surface area contributed by atoms with Gasteiger partial charge in [-0.25, -0.2) is 9.37 Å². The van der Waals surface area contributed by atoms with Crippen molar-refractivity contribution in [2.24, 2.45) is 7.05 Å². The standard InChI is InChI=1S/C22H19FN4O2S/c1-14-16-5-3-4-6-17(16)21(29)27(14)11-9-20(28)25-18-13-15(23)7-8-19(18)30-22-24-10-12-26(22)2/h3-8,10,12-13H,1,9,11H2,2H3,(H,25,28). The maximum atomic E-state index is 13.8. The average molecular weight is 422 g/mol. The van der Waals surface area contributed by atoms with E-state index in [0.29, 0.717) is 27.0 Å². The Kier molecular flexibility index (Phi) is 5.41. The second-order valence-corrected chi connectivity index (χ2v) is 7.82. The van der Waals surface area contributed by atoms with E-state index < -0.39 is 5.82 Å². The Bertz CT molecular complexity index is 1120. The average Bonchev–Trinajstić information content (AvgIpc) is 3.24. The minimum Gasteiger partial charge on any atom is -0.329 e.